The molecule has 0 aliphatic rings. The Kier molecular flexibility index (Phi) is 68.7. The Morgan fingerprint density at radius 3 is 0.710 bits per heavy atom. The molecule has 0 aromatic rings. The summed E-state index contributed by atoms with van der Waals surface area (Å²) in [5, 5.41) is 10.6. The van der Waals surface area contributed by atoms with Crippen molar-refractivity contribution in [1.82, 2.24) is 0 Å². The average molecular weight is 1470 g/mol. The summed E-state index contributed by atoms with van der Waals surface area (Å²) in [5.74, 6) is 1.01. The highest BCUT2D eigenvalue weighted by Crippen LogP contribution is 2.45. The summed E-state index contributed by atoms with van der Waals surface area (Å²) in [6.45, 7) is 14.2. The van der Waals surface area contributed by atoms with Crippen molar-refractivity contribution in [3.05, 3.63) is 0 Å². The fourth-order valence-electron chi connectivity index (χ4n) is 12.4. The molecule has 0 spiro atoms. The van der Waals surface area contributed by atoms with Crippen molar-refractivity contribution in [2.45, 2.75) is 433 Å². The number of aliphatic hydroxyl groups excluding tert-OH is 1. The lowest BCUT2D eigenvalue weighted by Crippen LogP contribution is -2.30. The number of hydrogen-bond acceptors (Lipinski definition) is 15. The van der Waals surface area contributed by atoms with Gasteiger partial charge in [0.2, 0.25) is 0 Å². The zero-order valence-corrected chi connectivity index (χ0v) is 67.6. The Labute approximate surface area is 613 Å². The van der Waals surface area contributed by atoms with Crippen LogP contribution in [-0.2, 0) is 65.4 Å². The summed E-state index contributed by atoms with van der Waals surface area (Å²) in [4.78, 5) is 72.9. The number of carbonyl (C=O) groups excluding carboxylic acids is 4. The lowest BCUT2D eigenvalue weighted by molar-refractivity contribution is -0.161. The van der Waals surface area contributed by atoms with Gasteiger partial charge in [-0.3, -0.25) is 37.3 Å². The Morgan fingerprint density at radius 2 is 0.480 bits per heavy atom. The molecule has 0 rings (SSSR count). The number of ether oxygens (including phenoxy) is 4. The van der Waals surface area contributed by atoms with E-state index in [1.54, 1.807) is 0 Å². The molecular formula is C81H158O17P2. The van der Waals surface area contributed by atoms with E-state index in [9.17, 15) is 43.2 Å². The summed E-state index contributed by atoms with van der Waals surface area (Å²) >= 11 is 0. The minimum Gasteiger partial charge on any atom is -0.462 e. The number of phosphoric ester groups is 2. The van der Waals surface area contributed by atoms with Crippen LogP contribution in [0.15, 0.2) is 0 Å². The molecule has 17 nitrogen and oxygen atoms in total. The van der Waals surface area contributed by atoms with Gasteiger partial charge < -0.3 is 33.8 Å². The number of phosphoric acid groups is 2. The second kappa shape index (κ2) is 70.1. The molecular weight excluding hydrogens is 1310 g/mol. The molecule has 19 heteroatoms. The molecule has 0 saturated heterocycles. The normalized spacial score (nSPS) is 14.6. The maximum Gasteiger partial charge on any atom is 0.472 e. The van der Waals surface area contributed by atoms with Gasteiger partial charge in [-0.1, -0.05) is 364 Å². The van der Waals surface area contributed by atoms with Crippen molar-refractivity contribution in [3.63, 3.8) is 0 Å². The van der Waals surface area contributed by atoms with Gasteiger partial charge in [0.25, 0.3) is 0 Å². The molecule has 0 aromatic carbocycles. The molecule has 3 N–H and O–H groups in total. The Hall–Kier alpha value is -1.94. The second-order valence-corrected chi connectivity index (χ2v) is 33.5. The molecule has 7 atom stereocenters. The Balaban J connectivity index is 5.18. The third kappa shape index (κ3) is 71.7. The SMILES string of the molecule is CCC(C)CCCCCCCCCCCCCCCCCCCCC(=O)O[C@H](COC(=O)CCCCCCCCCCC(C)CC)COP(=O)(O)OC[C@@H](O)COP(=O)(O)OC[C@@H](COC(=O)CCCCCCCCC(C)C)OC(=O)CCCCCCCCCCCCCCCCC(C)C. The first-order valence-corrected chi connectivity index (χ1v) is 44.8. The van der Waals surface area contributed by atoms with Gasteiger partial charge in [0.15, 0.2) is 12.2 Å². The van der Waals surface area contributed by atoms with Gasteiger partial charge >= 0.3 is 39.5 Å². The van der Waals surface area contributed by atoms with E-state index in [4.69, 9.17) is 37.0 Å². The maximum atomic E-state index is 13.1. The van der Waals surface area contributed by atoms with Crippen LogP contribution < -0.4 is 0 Å². The zero-order chi connectivity index (χ0) is 73.8. The number of rotatable bonds is 78. The van der Waals surface area contributed by atoms with Crippen molar-refractivity contribution >= 4 is 39.5 Å². The minimum atomic E-state index is -4.96. The van der Waals surface area contributed by atoms with Crippen LogP contribution in [0.2, 0.25) is 0 Å². The molecule has 100 heavy (non-hydrogen) atoms. The number of aliphatic hydroxyl groups is 1. The van der Waals surface area contributed by atoms with Crippen LogP contribution in [0.25, 0.3) is 0 Å². The topological polar surface area (TPSA) is 237 Å². The largest absolute Gasteiger partial charge is 0.472 e. The Morgan fingerprint density at radius 1 is 0.280 bits per heavy atom. The highest BCUT2D eigenvalue weighted by molar-refractivity contribution is 7.47. The zero-order valence-electron chi connectivity index (χ0n) is 65.8. The van der Waals surface area contributed by atoms with E-state index >= 15 is 0 Å². The maximum absolute atomic E-state index is 13.1. The highest BCUT2D eigenvalue weighted by Gasteiger charge is 2.30. The van der Waals surface area contributed by atoms with Crippen molar-refractivity contribution in [2.75, 3.05) is 39.6 Å². The molecule has 0 heterocycles. The van der Waals surface area contributed by atoms with Gasteiger partial charge in [0.1, 0.15) is 19.3 Å². The van der Waals surface area contributed by atoms with E-state index < -0.39 is 97.5 Å². The van der Waals surface area contributed by atoms with E-state index in [-0.39, 0.29) is 25.7 Å². The van der Waals surface area contributed by atoms with E-state index in [2.05, 4.69) is 55.4 Å². The fraction of sp³-hybridized carbons (Fsp3) is 0.951. The van der Waals surface area contributed by atoms with Crippen LogP contribution in [0.3, 0.4) is 0 Å². The fourth-order valence-corrected chi connectivity index (χ4v) is 13.9. The van der Waals surface area contributed by atoms with E-state index in [1.165, 1.54) is 212 Å². The summed E-state index contributed by atoms with van der Waals surface area (Å²) in [6, 6.07) is 0. The van der Waals surface area contributed by atoms with Crippen molar-refractivity contribution in [3.8, 4) is 0 Å². The first-order chi connectivity index (χ1) is 48.2. The molecule has 0 fully saturated rings. The lowest BCUT2D eigenvalue weighted by Gasteiger charge is -2.21. The number of unbranched alkanes of at least 4 members (excludes halogenated alkanes) is 42. The first kappa shape index (κ1) is 98.1. The van der Waals surface area contributed by atoms with Gasteiger partial charge in [-0.15, -0.1) is 0 Å². The molecule has 0 bridgehead atoms. The monoisotopic (exact) mass is 1470 g/mol. The van der Waals surface area contributed by atoms with Gasteiger partial charge in [-0.05, 0) is 49.4 Å². The second-order valence-electron chi connectivity index (χ2n) is 30.6. The predicted molar refractivity (Wildman–Crippen MR) is 409 cm³/mol. The molecule has 0 radical (unpaired) electrons. The molecule has 0 saturated carbocycles. The number of carbonyl (C=O) groups is 4. The highest BCUT2D eigenvalue weighted by atomic mass is 31.2. The standard InChI is InChI=1S/C81H158O17P2/c1-9-73(7)59-51-43-34-28-24-20-15-13-11-12-14-16-21-25-29-37-47-55-63-80(85)97-76(67-91-78(83)61-53-45-36-32-31-35-44-52-60-74(8)10-2)69-95-99(87,88)93-65-75(82)66-94-100(89,90)96-70-77(68-92-79(84)62-54-46-40-39-42-50-58-72(5)6)98-81(86)64-56-48-38-30-26-22-18-17-19-23-27-33-41-49-57-71(3)4/h71-77,82H,9-70H2,1-8H3,(H,87,88)(H,89,90)/t73?,74?,75-,76-,77-/m1/s1. The van der Waals surface area contributed by atoms with Gasteiger partial charge in [-0.2, -0.15) is 0 Å². The summed E-state index contributed by atoms with van der Waals surface area (Å²) in [5.41, 5.74) is 0. The summed E-state index contributed by atoms with van der Waals surface area (Å²) in [7, 11) is -9.92. The summed E-state index contributed by atoms with van der Waals surface area (Å²) in [6.07, 6.45) is 57.1. The average Bonchev–Trinajstić information content (AvgIpc) is 0.930. The van der Waals surface area contributed by atoms with Crippen molar-refractivity contribution in [2.24, 2.45) is 23.7 Å². The van der Waals surface area contributed by atoms with Crippen LogP contribution in [0.1, 0.15) is 415 Å². The van der Waals surface area contributed by atoms with E-state index in [0.29, 0.717) is 31.6 Å². The smallest absolute Gasteiger partial charge is 0.462 e. The van der Waals surface area contributed by atoms with Gasteiger partial charge in [0, 0.05) is 25.7 Å². The molecule has 4 unspecified atom stereocenters. The molecule has 0 aliphatic heterocycles. The van der Waals surface area contributed by atoms with Crippen molar-refractivity contribution in [1.29, 1.82) is 0 Å². The third-order valence-corrected chi connectivity index (χ3v) is 21.4. The molecule has 0 aliphatic carbocycles. The number of hydrogen-bond donors (Lipinski definition) is 3. The summed E-state index contributed by atoms with van der Waals surface area (Å²) < 4.78 is 68.6. The van der Waals surface area contributed by atoms with Gasteiger partial charge in [-0.25, -0.2) is 9.13 Å². The van der Waals surface area contributed by atoms with Crippen LogP contribution in [-0.4, -0.2) is 96.7 Å². The lowest BCUT2D eigenvalue weighted by atomic mass is 9.99. The van der Waals surface area contributed by atoms with Crippen LogP contribution in [0, 0.1) is 23.7 Å². The predicted octanol–water partition coefficient (Wildman–Crippen LogP) is 24.0. The van der Waals surface area contributed by atoms with Crippen LogP contribution in [0.5, 0.6) is 0 Å². The quantitative estimate of drug-likeness (QED) is 0.0222. The first-order valence-electron chi connectivity index (χ1n) is 41.8. The van der Waals surface area contributed by atoms with Crippen molar-refractivity contribution < 1.29 is 80.2 Å². The third-order valence-electron chi connectivity index (χ3n) is 19.5. The molecule has 0 aromatic heterocycles. The van der Waals surface area contributed by atoms with E-state index in [1.807, 2.05) is 0 Å². The van der Waals surface area contributed by atoms with E-state index in [0.717, 1.165) is 114 Å². The van der Waals surface area contributed by atoms with Crippen LogP contribution in [0.4, 0.5) is 0 Å². The minimum absolute atomic E-state index is 0.106. The number of esters is 4. The van der Waals surface area contributed by atoms with Gasteiger partial charge in [0.05, 0.1) is 26.4 Å². The molecule has 0 amide bonds. The Bertz CT molecular complexity index is 1960. The van der Waals surface area contributed by atoms with Crippen LogP contribution >= 0.6 is 15.6 Å². The molecule has 594 valence electrons.